The van der Waals surface area contributed by atoms with Crippen LogP contribution < -0.4 is 10.9 Å². The van der Waals surface area contributed by atoms with Crippen molar-refractivity contribution in [3.63, 3.8) is 0 Å². The summed E-state index contributed by atoms with van der Waals surface area (Å²) in [4.78, 5) is 18.1. The van der Waals surface area contributed by atoms with E-state index in [1.54, 1.807) is 6.92 Å². The second-order valence-corrected chi connectivity index (χ2v) is 4.73. The Morgan fingerprint density at radius 1 is 1.38 bits per heavy atom. The molecule has 0 saturated heterocycles. The molecule has 1 rings (SSSR count). The Morgan fingerprint density at radius 3 is 2.62 bits per heavy atom. The van der Waals surface area contributed by atoms with Crippen molar-refractivity contribution in [1.82, 2.24) is 9.97 Å². The van der Waals surface area contributed by atoms with Gasteiger partial charge in [-0.15, -0.1) is 0 Å². The van der Waals surface area contributed by atoms with Gasteiger partial charge >= 0.3 is 0 Å². The minimum atomic E-state index is -0.106. The van der Waals surface area contributed by atoms with Gasteiger partial charge in [-0.25, -0.2) is 4.98 Å². The van der Waals surface area contributed by atoms with E-state index in [1.165, 1.54) is 12.5 Å². The first-order chi connectivity index (χ1) is 7.47. The first kappa shape index (κ1) is 12.7. The second kappa shape index (κ2) is 5.68. The SMILES string of the molecule is Cc1nc(NC(C)CCC(C)C)cc(=O)[nH]1. The van der Waals surface area contributed by atoms with Crippen LogP contribution in [0.4, 0.5) is 5.82 Å². The molecule has 0 spiro atoms. The average molecular weight is 223 g/mol. The van der Waals surface area contributed by atoms with Gasteiger partial charge in [0.2, 0.25) is 0 Å². The molecule has 4 heteroatoms. The molecule has 0 aliphatic carbocycles. The molecule has 2 N–H and O–H groups in total. The van der Waals surface area contributed by atoms with Crippen LogP contribution in [0.2, 0.25) is 0 Å². The Balaban J connectivity index is 2.55. The molecule has 0 aliphatic rings. The van der Waals surface area contributed by atoms with Crippen molar-refractivity contribution < 1.29 is 0 Å². The summed E-state index contributed by atoms with van der Waals surface area (Å²) in [5.41, 5.74) is -0.106. The largest absolute Gasteiger partial charge is 0.367 e. The van der Waals surface area contributed by atoms with Crippen molar-refractivity contribution >= 4 is 5.82 Å². The van der Waals surface area contributed by atoms with Crippen molar-refractivity contribution in [2.75, 3.05) is 5.32 Å². The molecular weight excluding hydrogens is 202 g/mol. The number of nitrogens with zero attached hydrogens (tertiary/aromatic N) is 1. The van der Waals surface area contributed by atoms with Gasteiger partial charge in [-0.05, 0) is 32.6 Å². The summed E-state index contributed by atoms with van der Waals surface area (Å²) in [6.07, 6.45) is 2.27. The zero-order valence-corrected chi connectivity index (χ0v) is 10.5. The van der Waals surface area contributed by atoms with Crippen LogP contribution in [-0.4, -0.2) is 16.0 Å². The monoisotopic (exact) mass is 223 g/mol. The topological polar surface area (TPSA) is 57.8 Å². The molecule has 0 bridgehead atoms. The third kappa shape index (κ3) is 4.47. The molecule has 1 aromatic rings. The zero-order chi connectivity index (χ0) is 12.1. The summed E-state index contributed by atoms with van der Waals surface area (Å²) in [5, 5.41) is 3.25. The third-order valence-electron chi connectivity index (χ3n) is 2.43. The van der Waals surface area contributed by atoms with Crippen LogP contribution in [0.5, 0.6) is 0 Å². The van der Waals surface area contributed by atoms with Gasteiger partial charge < -0.3 is 10.3 Å². The molecule has 16 heavy (non-hydrogen) atoms. The van der Waals surface area contributed by atoms with Gasteiger partial charge in [0.05, 0.1) is 0 Å². The fraction of sp³-hybridized carbons (Fsp3) is 0.667. The number of H-pyrrole nitrogens is 1. The predicted octanol–water partition coefficient (Wildman–Crippen LogP) is 2.31. The highest BCUT2D eigenvalue weighted by molar-refractivity contribution is 5.33. The number of aromatic amines is 1. The molecule has 0 radical (unpaired) electrons. The molecular formula is C12H21N3O. The van der Waals surface area contributed by atoms with E-state index in [0.29, 0.717) is 23.6 Å². The molecule has 90 valence electrons. The normalized spacial score (nSPS) is 12.8. The summed E-state index contributed by atoms with van der Waals surface area (Å²) in [5.74, 6) is 2.02. The van der Waals surface area contributed by atoms with Crippen LogP contribution >= 0.6 is 0 Å². The first-order valence-corrected chi connectivity index (χ1v) is 5.82. The second-order valence-electron chi connectivity index (χ2n) is 4.73. The van der Waals surface area contributed by atoms with Gasteiger partial charge in [0.1, 0.15) is 11.6 Å². The lowest BCUT2D eigenvalue weighted by Crippen LogP contribution is -2.19. The average Bonchev–Trinajstić information content (AvgIpc) is 2.12. The number of anilines is 1. The van der Waals surface area contributed by atoms with Gasteiger partial charge in [-0.1, -0.05) is 13.8 Å². The number of aryl methyl sites for hydroxylation is 1. The summed E-state index contributed by atoms with van der Waals surface area (Å²) in [7, 11) is 0. The molecule has 0 aromatic carbocycles. The summed E-state index contributed by atoms with van der Waals surface area (Å²) < 4.78 is 0. The Labute approximate surface area is 96.5 Å². The van der Waals surface area contributed by atoms with Gasteiger partial charge in [-0.3, -0.25) is 4.79 Å². The summed E-state index contributed by atoms with van der Waals surface area (Å²) in [6, 6.07) is 1.84. The first-order valence-electron chi connectivity index (χ1n) is 5.82. The highest BCUT2D eigenvalue weighted by Crippen LogP contribution is 2.10. The fourth-order valence-electron chi connectivity index (χ4n) is 1.56. The van der Waals surface area contributed by atoms with Gasteiger partial charge in [-0.2, -0.15) is 0 Å². The Bertz CT molecular complexity index is 384. The van der Waals surface area contributed by atoms with Crippen LogP contribution in [0, 0.1) is 12.8 Å². The zero-order valence-electron chi connectivity index (χ0n) is 10.5. The third-order valence-corrected chi connectivity index (χ3v) is 2.43. The van der Waals surface area contributed by atoms with Crippen LogP contribution in [0.15, 0.2) is 10.9 Å². The molecule has 0 aliphatic heterocycles. The van der Waals surface area contributed by atoms with Crippen molar-refractivity contribution in [1.29, 1.82) is 0 Å². The van der Waals surface area contributed by atoms with Crippen LogP contribution in [0.3, 0.4) is 0 Å². The number of rotatable bonds is 5. The summed E-state index contributed by atoms with van der Waals surface area (Å²) in [6.45, 7) is 8.32. The lowest BCUT2D eigenvalue weighted by molar-refractivity contribution is 0.527. The summed E-state index contributed by atoms with van der Waals surface area (Å²) >= 11 is 0. The minimum Gasteiger partial charge on any atom is -0.367 e. The van der Waals surface area contributed by atoms with Crippen molar-refractivity contribution in [3.8, 4) is 0 Å². The van der Waals surface area contributed by atoms with E-state index in [-0.39, 0.29) is 5.56 Å². The maximum absolute atomic E-state index is 11.2. The minimum absolute atomic E-state index is 0.106. The van der Waals surface area contributed by atoms with Crippen molar-refractivity contribution in [2.45, 2.75) is 46.6 Å². The number of hydrogen-bond donors (Lipinski definition) is 2. The number of aromatic nitrogens is 2. The molecule has 1 heterocycles. The van der Waals surface area contributed by atoms with Gasteiger partial charge in [0.15, 0.2) is 0 Å². The molecule has 0 saturated carbocycles. The molecule has 1 atom stereocenters. The maximum Gasteiger partial charge on any atom is 0.252 e. The van der Waals surface area contributed by atoms with Gasteiger partial charge in [0.25, 0.3) is 5.56 Å². The highest BCUT2D eigenvalue weighted by atomic mass is 16.1. The quantitative estimate of drug-likeness (QED) is 0.805. The smallest absolute Gasteiger partial charge is 0.252 e. The predicted molar refractivity (Wildman–Crippen MR) is 66.8 cm³/mol. The van der Waals surface area contributed by atoms with E-state index in [1.807, 2.05) is 0 Å². The molecule has 1 aromatic heterocycles. The highest BCUT2D eigenvalue weighted by Gasteiger charge is 2.05. The van der Waals surface area contributed by atoms with Gasteiger partial charge in [0, 0.05) is 12.1 Å². The fourth-order valence-corrected chi connectivity index (χ4v) is 1.56. The molecule has 1 unspecified atom stereocenters. The lowest BCUT2D eigenvalue weighted by Gasteiger charge is -2.15. The Kier molecular flexibility index (Phi) is 4.52. The van der Waals surface area contributed by atoms with Crippen LogP contribution in [0.25, 0.3) is 0 Å². The van der Waals surface area contributed by atoms with E-state index in [2.05, 4.69) is 36.1 Å². The maximum atomic E-state index is 11.2. The lowest BCUT2D eigenvalue weighted by atomic mass is 10.0. The van der Waals surface area contributed by atoms with E-state index >= 15 is 0 Å². The van der Waals surface area contributed by atoms with E-state index in [4.69, 9.17) is 0 Å². The number of hydrogen-bond acceptors (Lipinski definition) is 3. The van der Waals surface area contributed by atoms with E-state index in [0.717, 1.165) is 6.42 Å². The van der Waals surface area contributed by atoms with Crippen LogP contribution in [-0.2, 0) is 0 Å². The van der Waals surface area contributed by atoms with Crippen molar-refractivity contribution in [3.05, 3.63) is 22.2 Å². The standard InChI is InChI=1S/C12H21N3O/c1-8(2)5-6-9(3)13-11-7-12(16)15-10(4)14-11/h7-9H,5-6H2,1-4H3,(H2,13,14,15,16). The molecule has 0 amide bonds. The molecule has 4 nitrogen and oxygen atoms in total. The van der Waals surface area contributed by atoms with E-state index < -0.39 is 0 Å². The van der Waals surface area contributed by atoms with E-state index in [9.17, 15) is 4.79 Å². The Hall–Kier alpha value is -1.32. The van der Waals surface area contributed by atoms with Crippen LogP contribution in [0.1, 0.15) is 39.4 Å². The molecule has 0 fully saturated rings. The number of nitrogens with one attached hydrogen (secondary N) is 2. The van der Waals surface area contributed by atoms with Crippen molar-refractivity contribution in [2.24, 2.45) is 5.92 Å². The Morgan fingerprint density at radius 2 is 2.06 bits per heavy atom.